The van der Waals surface area contributed by atoms with E-state index in [1.807, 2.05) is 6.92 Å². The highest BCUT2D eigenvalue weighted by atomic mass is 14.6. The third kappa shape index (κ3) is 1.16. The SMILES string of the molecule is CCC1(C#N)CCCCC1(C#N)C#N. The van der Waals surface area contributed by atoms with Crippen LogP contribution in [0.5, 0.6) is 0 Å². The molecule has 1 fully saturated rings. The van der Waals surface area contributed by atoms with Crippen molar-refractivity contribution in [2.75, 3.05) is 0 Å². The summed E-state index contributed by atoms with van der Waals surface area (Å²) in [4.78, 5) is 0. The molecule has 1 saturated carbocycles. The predicted octanol–water partition coefficient (Wildman–Crippen LogP) is 2.51. The molecular weight excluding hydrogens is 174 g/mol. The average molecular weight is 187 g/mol. The topological polar surface area (TPSA) is 71.4 Å². The molecule has 0 spiro atoms. The summed E-state index contributed by atoms with van der Waals surface area (Å²) in [6.07, 6.45) is 3.64. The van der Waals surface area contributed by atoms with Crippen LogP contribution in [0.15, 0.2) is 0 Å². The smallest absolute Gasteiger partial charge is 0.162 e. The summed E-state index contributed by atoms with van der Waals surface area (Å²) in [7, 11) is 0. The van der Waals surface area contributed by atoms with Crippen LogP contribution >= 0.6 is 0 Å². The Morgan fingerprint density at radius 1 is 1.00 bits per heavy atom. The Morgan fingerprint density at radius 3 is 1.93 bits per heavy atom. The first-order chi connectivity index (χ1) is 6.70. The lowest BCUT2D eigenvalue weighted by atomic mass is 9.57. The number of hydrogen-bond acceptors (Lipinski definition) is 3. The van der Waals surface area contributed by atoms with E-state index in [4.69, 9.17) is 10.5 Å². The molecular formula is C11H13N3. The molecule has 0 aromatic carbocycles. The van der Waals surface area contributed by atoms with Crippen molar-refractivity contribution < 1.29 is 0 Å². The van der Waals surface area contributed by atoms with Crippen molar-refractivity contribution in [3.05, 3.63) is 0 Å². The standard InChI is InChI=1S/C11H13N3/c1-2-10(7-12)5-3-4-6-11(10,8-13)9-14/h2-6H2,1H3. The summed E-state index contributed by atoms with van der Waals surface area (Å²) >= 11 is 0. The Bertz CT molecular complexity index is 325. The highest BCUT2D eigenvalue weighted by Gasteiger charge is 2.53. The number of nitrogens with zero attached hydrogens (tertiary/aromatic N) is 3. The molecule has 72 valence electrons. The van der Waals surface area contributed by atoms with Gasteiger partial charge in [0.15, 0.2) is 5.41 Å². The first kappa shape index (κ1) is 10.6. The van der Waals surface area contributed by atoms with Gasteiger partial charge in [0.05, 0.1) is 23.6 Å². The summed E-state index contributed by atoms with van der Waals surface area (Å²) in [5, 5.41) is 27.4. The third-order valence-electron chi connectivity index (χ3n) is 3.42. The molecule has 0 aromatic rings. The summed E-state index contributed by atoms with van der Waals surface area (Å²) in [6, 6.07) is 6.37. The van der Waals surface area contributed by atoms with E-state index >= 15 is 0 Å². The van der Waals surface area contributed by atoms with Crippen molar-refractivity contribution in [3.8, 4) is 18.2 Å². The van der Waals surface area contributed by atoms with Crippen LogP contribution < -0.4 is 0 Å². The fourth-order valence-corrected chi connectivity index (χ4v) is 2.33. The molecule has 0 N–H and O–H groups in total. The minimum absolute atomic E-state index is 0.543. The van der Waals surface area contributed by atoms with Crippen LogP contribution in [0.25, 0.3) is 0 Å². The van der Waals surface area contributed by atoms with Gasteiger partial charge in [-0.15, -0.1) is 0 Å². The zero-order valence-corrected chi connectivity index (χ0v) is 8.38. The Hall–Kier alpha value is -1.53. The summed E-state index contributed by atoms with van der Waals surface area (Å²) < 4.78 is 0. The van der Waals surface area contributed by atoms with Crippen LogP contribution in [0.1, 0.15) is 39.0 Å². The second-order valence-electron chi connectivity index (χ2n) is 3.88. The van der Waals surface area contributed by atoms with E-state index < -0.39 is 10.8 Å². The summed E-state index contributed by atoms with van der Waals surface area (Å²) in [6.45, 7) is 1.89. The zero-order chi connectivity index (χ0) is 10.7. The predicted molar refractivity (Wildman–Crippen MR) is 50.5 cm³/mol. The summed E-state index contributed by atoms with van der Waals surface area (Å²) in [5.41, 5.74) is -1.82. The minimum atomic E-state index is -1.07. The molecule has 14 heavy (non-hydrogen) atoms. The lowest BCUT2D eigenvalue weighted by Gasteiger charge is -2.39. The van der Waals surface area contributed by atoms with Crippen molar-refractivity contribution in [3.63, 3.8) is 0 Å². The van der Waals surface area contributed by atoms with Crippen molar-refractivity contribution in [2.24, 2.45) is 10.8 Å². The number of nitriles is 3. The van der Waals surface area contributed by atoms with E-state index in [1.54, 1.807) is 0 Å². The monoisotopic (exact) mass is 187 g/mol. The average Bonchev–Trinajstić information content (AvgIpc) is 2.28. The van der Waals surface area contributed by atoms with Crippen molar-refractivity contribution in [1.82, 2.24) is 0 Å². The maximum Gasteiger partial charge on any atom is 0.162 e. The molecule has 3 nitrogen and oxygen atoms in total. The lowest BCUT2D eigenvalue weighted by Crippen LogP contribution is -2.41. The van der Waals surface area contributed by atoms with Gasteiger partial charge in [-0.05, 0) is 19.3 Å². The van der Waals surface area contributed by atoms with Gasteiger partial charge in [-0.1, -0.05) is 19.8 Å². The largest absolute Gasteiger partial charge is 0.198 e. The van der Waals surface area contributed by atoms with E-state index in [0.717, 1.165) is 12.8 Å². The Labute approximate surface area is 84.6 Å². The van der Waals surface area contributed by atoms with Gasteiger partial charge in [0.25, 0.3) is 0 Å². The van der Waals surface area contributed by atoms with Crippen LogP contribution in [0.4, 0.5) is 0 Å². The summed E-state index contributed by atoms with van der Waals surface area (Å²) in [5.74, 6) is 0. The first-order valence-electron chi connectivity index (χ1n) is 4.94. The van der Waals surface area contributed by atoms with Crippen molar-refractivity contribution in [2.45, 2.75) is 39.0 Å². The van der Waals surface area contributed by atoms with E-state index in [9.17, 15) is 5.26 Å². The van der Waals surface area contributed by atoms with Gasteiger partial charge in [0, 0.05) is 0 Å². The van der Waals surface area contributed by atoms with Gasteiger partial charge >= 0.3 is 0 Å². The Balaban J connectivity index is 3.21. The minimum Gasteiger partial charge on any atom is -0.198 e. The molecule has 0 amide bonds. The molecule has 1 atom stereocenters. The molecule has 0 saturated heterocycles. The quantitative estimate of drug-likeness (QED) is 0.633. The van der Waals surface area contributed by atoms with Crippen LogP contribution in [0.3, 0.4) is 0 Å². The van der Waals surface area contributed by atoms with E-state index in [1.165, 1.54) is 0 Å². The highest BCUT2D eigenvalue weighted by molar-refractivity contribution is 5.28. The van der Waals surface area contributed by atoms with E-state index in [-0.39, 0.29) is 0 Å². The first-order valence-corrected chi connectivity index (χ1v) is 4.94. The fraction of sp³-hybridized carbons (Fsp3) is 0.727. The normalized spacial score (nSPS) is 29.6. The Kier molecular flexibility index (Phi) is 2.78. The van der Waals surface area contributed by atoms with E-state index in [2.05, 4.69) is 18.2 Å². The van der Waals surface area contributed by atoms with Gasteiger partial charge in [-0.3, -0.25) is 0 Å². The molecule has 1 unspecified atom stereocenters. The molecule has 0 aliphatic heterocycles. The highest BCUT2D eigenvalue weighted by Crippen LogP contribution is 2.51. The fourth-order valence-electron chi connectivity index (χ4n) is 2.33. The van der Waals surface area contributed by atoms with Gasteiger partial charge < -0.3 is 0 Å². The van der Waals surface area contributed by atoms with Gasteiger partial charge in [-0.2, -0.15) is 15.8 Å². The van der Waals surface area contributed by atoms with Gasteiger partial charge in [0.1, 0.15) is 0 Å². The second-order valence-corrected chi connectivity index (χ2v) is 3.88. The number of hydrogen-bond donors (Lipinski definition) is 0. The van der Waals surface area contributed by atoms with Crippen LogP contribution in [-0.4, -0.2) is 0 Å². The molecule has 0 aromatic heterocycles. The van der Waals surface area contributed by atoms with Crippen molar-refractivity contribution in [1.29, 1.82) is 15.8 Å². The van der Waals surface area contributed by atoms with Crippen molar-refractivity contribution >= 4 is 0 Å². The van der Waals surface area contributed by atoms with Crippen LogP contribution in [0.2, 0.25) is 0 Å². The third-order valence-corrected chi connectivity index (χ3v) is 3.42. The van der Waals surface area contributed by atoms with Gasteiger partial charge in [-0.25, -0.2) is 0 Å². The second kappa shape index (κ2) is 3.69. The molecule has 1 aliphatic carbocycles. The zero-order valence-electron chi connectivity index (χ0n) is 8.38. The number of rotatable bonds is 1. The molecule has 1 aliphatic rings. The molecule has 3 heteroatoms. The van der Waals surface area contributed by atoms with E-state index in [0.29, 0.717) is 19.3 Å². The Morgan fingerprint density at radius 2 is 1.57 bits per heavy atom. The molecule has 0 bridgehead atoms. The van der Waals surface area contributed by atoms with Gasteiger partial charge in [0.2, 0.25) is 0 Å². The maximum atomic E-state index is 9.19. The maximum absolute atomic E-state index is 9.19. The van der Waals surface area contributed by atoms with Crippen LogP contribution in [0, 0.1) is 44.8 Å². The lowest BCUT2D eigenvalue weighted by molar-refractivity contribution is 0.137. The molecule has 1 rings (SSSR count). The molecule has 0 heterocycles. The van der Waals surface area contributed by atoms with Crippen LogP contribution in [-0.2, 0) is 0 Å². The molecule has 0 radical (unpaired) electrons.